The number of pyridine rings is 1. The van der Waals surface area contributed by atoms with Gasteiger partial charge in [-0.3, -0.25) is 0 Å². The predicted molar refractivity (Wildman–Crippen MR) is 184 cm³/mol. The molecule has 4 aromatic carbocycles. The van der Waals surface area contributed by atoms with Crippen LogP contribution in [0.5, 0.6) is 0 Å². The van der Waals surface area contributed by atoms with Crippen LogP contribution in [0.15, 0.2) is 143 Å². The molecule has 0 radical (unpaired) electrons. The first-order valence-electron chi connectivity index (χ1n) is 15.3. The Morgan fingerprint density at radius 3 is 2.04 bits per heavy atom. The average Bonchev–Trinajstić information content (AvgIpc) is 3.82. The molecular weight excluding hydrogens is 644 g/mol. The Balaban J connectivity index is 1.58. The number of carbonyl (C=O) groups excluding carboxylic acids is 1. The van der Waals surface area contributed by atoms with Gasteiger partial charge in [-0.05, 0) is 41.5 Å². The largest absolute Gasteiger partial charge is 0.465 e. The molecular formula is C38H29FN4O5S. The van der Waals surface area contributed by atoms with E-state index >= 15 is 4.39 Å². The second-order valence-corrected chi connectivity index (χ2v) is 13.0. The second-order valence-electron chi connectivity index (χ2n) is 11.2. The summed E-state index contributed by atoms with van der Waals surface area (Å²) >= 11 is 0. The Kier molecular flexibility index (Phi) is 8.50. The fourth-order valence-corrected chi connectivity index (χ4v) is 7.41. The van der Waals surface area contributed by atoms with Crippen molar-refractivity contribution in [2.75, 3.05) is 12.0 Å². The van der Waals surface area contributed by atoms with Crippen LogP contribution in [0.2, 0.25) is 0 Å². The van der Waals surface area contributed by atoms with Gasteiger partial charge >= 0.3 is 5.97 Å². The molecule has 244 valence electrons. The molecule has 49 heavy (non-hydrogen) atoms. The number of rotatable bonds is 10. The first-order chi connectivity index (χ1) is 23.9. The van der Waals surface area contributed by atoms with Gasteiger partial charge in [-0.15, -0.1) is 0 Å². The molecule has 7 aromatic rings. The summed E-state index contributed by atoms with van der Waals surface area (Å²) in [5.74, 6) is -1.18. The minimum atomic E-state index is -4.44. The maximum absolute atomic E-state index is 16.6. The van der Waals surface area contributed by atoms with Gasteiger partial charge in [0, 0.05) is 30.2 Å². The predicted octanol–water partition coefficient (Wildman–Crippen LogP) is 7.73. The van der Waals surface area contributed by atoms with Gasteiger partial charge in [-0.2, -0.15) is 0 Å². The number of esters is 1. The van der Waals surface area contributed by atoms with Gasteiger partial charge in [0.2, 0.25) is 5.89 Å². The van der Waals surface area contributed by atoms with Crippen molar-refractivity contribution < 1.29 is 26.8 Å². The third kappa shape index (κ3) is 5.96. The smallest absolute Gasteiger partial charge is 0.340 e. The molecule has 0 bridgehead atoms. The van der Waals surface area contributed by atoms with Crippen LogP contribution in [-0.2, 0) is 27.8 Å². The summed E-state index contributed by atoms with van der Waals surface area (Å²) in [6, 6.07) is 33.3. The molecule has 3 heterocycles. The zero-order valence-corrected chi connectivity index (χ0v) is 27.0. The SMILES string of the molecule is COC(=O)c1cnc(N(Cc2ccccc2)Cc2ccccc2)c2c1cc(-c1cccc(-c3ncco3)c1F)n2S(=O)(=O)c1ccccc1. The van der Waals surface area contributed by atoms with E-state index in [1.807, 2.05) is 65.6 Å². The highest BCUT2D eigenvalue weighted by atomic mass is 32.2. The van der Waals surface area contributed by atoms with E-state index in [1.165, 1.54) is 56.1 Å². The van der Waals surface area contributed by atoms with E-state index in [1.54, 1.807) is 24.3 Å². The molecule has 11 heteroatoms. The Morgan fingerprint density at radius 2 is 1.45 bits per heavy atom. The zero-order valence-electron chi connectivity index (χ0n) is 26.2. The topological polar surface area (TPSA) is 108 Å². The van der Waals surface area contributed by atoms with Gasteiger partial charge in [0.25, 0.3) is 10.0 Å². The second kappa shape index (κ2) is 13.2. The van der Waals surface area contributed by atoms with Gasteiger partial charge in [0.15, 0.2) is 5.82 Å². The molecule has 7 rings (SSSR count). The summed E-state index contributed by atoms with van der Waals surface area (Å²) in [7, 11) is -3.21. The highest BCUT2D eigenvalue weighted by molar-refractivity contribution is 7.90. The summed E-state index contributed by atoms with van der Waals surface area (Å²) in [5, 5.41) is 0.221. The molecule has 0 amide bonds. The lowest BCUT2D eigenvalue weighted by Gasteiger charge is -2.26. The van der Waals surface area contributed by atoms with Crippen molar-refractivity contribution >= 4 is 32.7 Å². The van der Waals surface area contributed by atoms with Crippen LogP contribution >= 0.6 is 0 Å². The van der Waals surface area contributed by atoms with E-state index in [0.29, 0.717) is 13.1 Å². The Morgan fingerprint density at radius 1 is 0.837 bits per heavy atom. The van der Waals surface area contributed by atoms with Crippen molar-refractivity contribution in [2.24, 2.45) is 0 Å². The van der Waals surface area contributed by atoms with Crippen LogP contribution in [0.1, 0.15) is 21.5 Å². The lowest BCUT2D eigenvalue weighted by molar-refractivity contribution is 0.0602. The van der Waals surface area contributed by atoms with Crippen LogP contribution in [0.4, 0.5) is 10.2 Å². The lowest BCUT2D eigenvalue weighted by atomic mass is 10.1. The van der Waals surface area contributed by atoms with Crippen LogP contribution in [0.25, 0.3) is 33.6 Å². The molecule has 0 spiro atoms. The number of benzene rings is 4. The third-order valence-electron chi connectivity index (χ3n) is 8.13. The number of nitrogens with zero attached hydrogens (tertiary/aromatic N) is 4. The van der Waals surface area contributed by atoms with E-state index in [-0.39, 0.29) is 49.9 Å². The molecule has 0 aliphatic carbocycles. The molecule has 0 N–H and O–H groups in total. The summed E-state index contributed by atoms with van der Waals surface area (Å²) < 4.78 is 57.8. The summed E-state index contributed by atoms with van der Waals surface area (Å²) in [6.45, 7) is 0.685. The van der Waals surface area contributed by atoms with Crippen LogP contribution in [-0.4, -0.2) is 35.4 Å². The van der Waals surface area contributed by atoms with Crippen LogP contribution < -0.4 is 4.90 Å². The number of carbonyl (C=O) groups is 1. The Hall–Kier alpha value is -6.07. The van der Waals surface area contributed by atoms with Gasteiger partial charge in [-0.25, -0.2) is 31.5 Å². The normalized spacial score (nSPS) is 11.5. The highest BCUT2D eigenvalue weighted by Crippen LogP contribution is 2.41. The quantitative estimate of drug-likeness (QED) is 0.136. The van der Waals surface area contributed by atoms with Gasteiger partial charge in [0.05, 0.1) is 35.0 Å². The number of aromatic nitrogens is 3. The van der Waals surface area contributed by atoms with E-state index < -0.39 is 21.8 Å². The van der Waals surface area contributed by atoms with Crippen LogP contribution in [0.3, 0.4) is 0 Å². The minimum absolute atomic E-state index is 0.0214. The molecule has 0 unspecified atom stereocenters. The zero-order chi connectivity index (χ0) is 34.0. The molecule has 3 aromatic heterocycles. The van der Waals surface area contributed by atoms with E-state index in [0.717, 1.165) is 15.1 Å². The molecule has 0 atom stereocenters. The molecule has 0 aliphatic rings. The monoisotopic (exact) mass is 672 g/mol. The number of anilines is 1. The minimum Gasteiger partial charge on any atom is -0.465 e. The molecule has 0 fully saturated rings. The van der Waals surface area contributed by atoms with Crippen LogP contribution in [0, 0.1) is 5.82 Å². The van der Waals surface area contributed by atoms with E-state index in [9.17, 15) is 13.2 Å². The van der Waals surface area contributed by atoms with Crippen molar-refractivity contribution in [3.8, 4) is 22.7 Å². The number of ether oxygens (including phenoxy) is 1. The van der Waals surface area contributed by atoms with E-state index in [4.69, 9.17) is 14.1 Å². The number of hydrogen-bond donors (Lipinski definition) is 0. The lowest BCUT2D eigenvalue weighted by Crippen LogP contribution is -2.25. The maximum atomic E-state index is 16.6. The molecule has 0 saturated carbocycles. The van der Waals surface area contributed by atoms with Gasteiger partial charge in [-0.1, -0.05) is 84.9 Å². The number of hydrogen-bond acceptors (Lipinski definition) is 8. The number of oxazole rings is 1. The van der Waals surface area contributed by atoms with Crippen molar-refractivity contribution in [1.29, 1.82) is 0 Å². The fourth-order valence-electron chi connectivity index (χ4n) is 5.87. The average molecular weight is 673 g/mol. The van der Waals surface area contributed by atoms with Crippen molar-refractivity contribution in [3.63, 3.8) is 0 Å². The molecule has 0 aliphatic heterocycles. The molecule has 0 saturated heterocycles. The summed E-state index contributed by atoms with van der Waals surface area (Å²) in [5.41, 5.74) is 1.97. The molecule has 9 nitrogen and oxygen atoms in total. The van der Waals surface area contributed by atoms with Crippen molar-refractivity contribution in [1.82, 2.24) is 13.9 Å². The summed E-state index contributed by atoms with van der Waals surface area (Å²) in [4.78, 5) is 24.0. The number of methoxy groups -OCH3 is 1. The first kappa shape index (κ1) is 31.5. The number of fused-ring (bicyclic) bond motifs is 1. The highest BCUT2D eigenvalue weighted by Gasteiger charge is 2.32. The van der Waals surface area contributed by atoms with Gasteiger partial charge in [0.1, 0.15) is 17.6 Å². The number of halogens is 1. The van der Waals surface area contributed by atoms with E-state index in [2.05, 4.69) is 4.98 Å². The first-order valence-corrected chi connectivity index (χ1v) is 16.8. The summed E-state index contributed by atoms with van der Waals surface area (Å²) in [6.07, 6.45) is 4.09. The Labute approximate surface area is 281 Å². The fraction of sp³-hybridized carbons (Fsp3) is 0.0789. The Bertz CT molecular complexity index is 2320. The van der Waals surface area contributed by atoms with Crippen molar-refractivity contribution in [3.05, 3.63) is 156 Å². The van der Waals surface area contributed by atoms with Crippen molar-refractivity contribution in [2.45, 2.75) is 18.0 Å². The van der Waals surface area contributed by atoms with Gasteiger partial charge < -0.3 is 14.1 Å². The third-order valence-corrected chi connectivity index (χ3v) is 9.86. The standard InChI is InChI=1S/C38H29FN4O5S/c1-47-38(44)32-23-41-36(42(24-26-12-5-2-6-13-26)25-27-14-7-3-8-15-27)35-31(32)22-33(43(35)49(45,46)28-16-9-4-10-17-28)29-18-11-19-30(34(29)39)37-40-20-21-48-37/h2-23H,24-25H2,1H3. The maximum Gasteiger partial charge on any atom is 0.340 e.